The van der Waals surface area contributed by atoms with E-state index >= 15 is 0 Å². The molecule has 0 atom stereocenters. The molecule has 7 heteroatoms. The number of sulfonamides is 1. The van der Waals surface area contributed by atoms with Crippen molar-refractivity contribution >= 4 is 37.5 Å². The minimum Gasteiger partial charge on any atom is -0.325 e. The quantitative estimate of drug-likeness (QED) is 0.860. The van der Waals surface area contributed by atoms with E-state index in [0.717, 1.165) is 0 Å². The molecule has 1 aliphatic rings. The average Bonchev–Trinajstić information content (AvgIpc) is 2.51. The number of benzene rings is 1. The third kappa shape index (κ3) is 3.16. The van der Waals surface area contributed by atoms with Crippen molar-refractivity contribution in [2.24, 2.45) is 0 Å². The monoisotopic (exact) mass is 346 g/mol. The minimum absolute atomic E-state index is 0.125. The van der Waals surface area contributed by atoms with Crippen molar-refractivity contribution in [3.63, 3.8) is 0 Å². The lowest BCUT2D eigenvalue weighted by molar-refractivity contribution is -0.115. The standard InChI is InChI=1S/C12H15BrN2O3S/c1-12(2,3)15-19(17,18)10-4-7-5-11(16)14-9(7)6-8(10)13/h4,6,15H,5H2,1-3H3,(H,14,16). The number of carbonyl (C=O) groups is 1. The first kappa shape index (κ1) is 14.5. The number of halogens is 1. The van der Waals surface area contributed by atoms with Gasteiger partial charge >= 0.3 is 0 Å². The lowest BCUT2D eigenvalue weighted by Crippen LogP contribution is -2.40. The molecule has 1 aromatic carbocycles. The van der Waals surface area contributed by atoms with Gasteiger partial charge in [-0.1, -0.05) is 0 Å². The number of hydrogen-bond acceptors (Lipinski definition) is 3. The number of rotatable bonds is 2. The smallest absolute Gasteiger partial charge is 0.242 e. The second kappa shape index (κ2) is 4.57. The Kier molecular flexibility index (Phi) is 3.49. The molecule has 0 bridgehead atoms. The lowest BCUT2D eigenvalue weighted by Gasteiger charge is -2.21. The molecule has 0 spiro atoms. The van der Waals surface area contributed by atoms with Gasteiger partial charge in [0, 0.05) is 15.7 Å². The highest BCUT2D eigenvalue weighted by molar-refractivity contribution is 9.10. The summed E-state index contributed by atoms with van der Waals surface area (Å²) in [6.45, 7) is 5.32. The highest BCUT2D eigenvalue weighted by Crippen LogP contribution is 2.32. The van der Waals surface area contributed by atoms with Crippen molar-refractivity contribution in [3.8, 4) is 0 Å². The Bertz CT molecular complexity index is 648. The van der Waals surface area contributed by atoms with E-state index in [-0.39, 0.29) is 17.2 Å². The molecule has 2 N–H and O–H groups in total. The molecule has 0 aliphatic carbocycles. The Hall–Kier alpha value is -0.920. The zero-order chi connectivity index (χ0) is 14.4. The van der Waals surface area contributed by atoms with Crippen molar-refractivity contribution < 1.29 is 13.2 Å². The van der Waals surface area contributed by atoms with Crippen LogP contribution in [-0.2, 0) is 21.2 Å². The first-order valence-corrected chi connectivity index (χ1v) is 8.02. The largest absolute Gasteiger partial charge is 0.325 e. The van der Waals surface area contributed by atoms with E-state index in [0.29, 0.717) is 15.7 Å². The lowest BCUT2D eigenvalue weighted by atomic mass is 10.1. The highest BCUT2D eigenvalue weighted by Gasteiger charge is 2.27. The van der Waals surface area contributed by atoms with Crippen LogP contribution in [0.3, 0.4) is 0 Å². The van der Waals surface area contributed by atoms with Crippen LogP contribution in [0.1, 0.15) is 26.3 Å². The van der Waals surface area contributed by atoms with Gasteiger partial charge in [-0.2, -0.15) is 0 Å². The van der Waals surface area contributed by atoms with Crippen molar-refractivity contribution in [2.45, 2.75) is 37.6 Å². The summed E-state index contributed by atoms with van der Waals surface area (Å²) in [6.07, 6.45) is 0.209. The van der Waals surface area contributed by atoms with Crippen LogP contribution in [0, 0.1) is 0 Å². The van der Waals surface area contributed by atoms with E-state index in [4.69, 9.17) is 0 Å². The Morgan fingerprint density at radius 1 is 1.32 bits per heavy atom. The zero-order valence-electron chi connectivity index (χ0n) is 10.9. The number of hydrogen-bond donors (Lipinski definition) is 2. The van der Waals surface area contributed by atoms with E-state index in [2.05, 4.69) is 26.0 Å². The molecule has 0 aromatic heterocycles. The normalized spacial score (nSPS) is 15.3. The van der Waals surface area contributed by atoms with Gasteiger partial charge in [0.1, 0.15) is 0 Å². The van der Waals surface area contributed by atoms with Gasteiger partial charge in [0.2, 0.25) is 15.9 Å². The van der Waals surface area contributed by atoms with Crippen LogP contribution in [0.5, 0.6) is 0 Å². The number of anilines is 1. The van der Waals surface area contributed by atoms with Crippen LogP contribution >= 0.6 is 15.9 Å². The molecule has 0 fully saturated rings. The molecule has 5 nitrogen and oxygen atoms in total. The van der Waals surface area contributed by atoms with Crippen LogP contribution in [0.2, 0.25) is 0 Å². The topological polar surface area (TPSA) is 75.3 Å². The Labute approximate surface area is 121 Å². The summed E-state index contributed by atoms with van der Waals surface area (Å²) < 4.78 is 27.6. The Morgan fingerprint density at radius 3 is 2.53 bits per heavy atom. The molecule has 0 saturated carbocycles. The fourth-order valence-corrected chi connectivity index (χ4v) is 4.40. The molecule has 0 saturated heterocycles. The first-order chi connectivity index (χ1) is 8.58. The maximum atomic E-state index is 12.3. The summed E-state index contributed by atoms with van der Waals surface area (Å²) >= 11 is 3.24. The maximum Gasteiger partial charge on any atom is 0.242 e. The van der Waals surface area contributed by atoms with Crippen LogP contribution < -0.4 is 10.0 Å². The molecular weight excluding hydrogens is 332 g/mol. The number of nitrogens with one attached hydrogen (secondary N) is 2. The molecule has 0 unspecified atom stereocenters. The fourth-order valence-electron chi connectivity index (χ4n) is 1.89. The molecular formula is C12H15BrN2O3S. The number of fused-ring (bicyclic) bond motifs is 1. The van der Waals surface area contributed by atoms with Crippen LogP contribution in [0.15, 0.2) is 21.5 Å². The fraction of sp³-hybridized carbons (Fsp3) is 0.417. The van der Waals surface area contributed by atoms with E-state index < -0.39 is 15.6 Å². The van der Waals surface area contributed by atoms with E-state index in [9.17, 15) is 13.2 Å². The van der Waals surface area contributed by atoms with Gasteiger partial charge in [0.05, 0.1) is 11.3 Å². The first-order valence-electron chi connectivity index (χ1n) is 5.75. The van der Waals surface area contributed by atoms with Gasteiger partial charge < -0.3 is 5.32 Å². The van der Waals surface area contributed by atoms with Crippen molar-refractivity contribution in [1.82, 2.24) is 4.72 Å². The predicted octanol–water partition coefficient (Wildman–Crippen LogP) is 2.02. The number of amides is 1. The van der Waals surface area contributed by atoms with Crippen molar-refractivity contribution in [2.75, 3.05) is 5.32 Å². The van der Waals surface area contributed by atoms with Crippen LogP contribution in [-0.4, -0.2) is 19.9 Å². The van der Waals surface area contributed by atoms with Crippen LogP contribution in [0.25, 0.3) is 0 Å². The third-order valence-corrected chi connectivity index (χ3v) is 5.23. The Morgan fingerprint density at radius 2 is 1.95 bits per heavy atom. The third-order valence-electron chi connectivity index (χ3n) is 2.51. The summed E-state index contributed by atoms with van der Waals surface area (Å²) in [5.41, 5.74) is 0.791. The van der Waals surface area contributed by atoms with E-state index in [1.54, 1.807) is 26.8 Å². The molecule has 1 aliphatic heterocycles. The van der Waals surface area contributed by atoms with E-state index in [1.807, 2.05) is 0 Å². The molecule has 19 heavy (non-hydrogen) atoms. The van der Waals surface area contributed by atoms with Gasteiger partial charge in [0.25, 0.3) is 0 Å². The molecule has 1 aromatic rings. The van der Waals surface area contributed by atoms with Crippen LogP contribution in [0.4, 0.5) is 5.69 Å². The molecule has 0 radical (unpaired) electrons. The summed E-state index contributed by atoms with van der Waals surface area (Å²) in [6, 6.07) is 3.16. The SMILES string of the molecule is CC(C)(C)NS(=O)(=O)c1cc2c(cc1Br)NC(=O)C2. The summed E-state index contributed by atoms with van der Waals surface area (Å²) in [5, 5.41) is 2.68. The van der Waals surface area contributed by atoms with Gasteiger partial charge in [-0.15, -0.1) is 0 Å². The van der Waals surface area contributed by atoms with E-state index in [1.165, 1.54) is 6.07 Å². The van der Waals surface area contributed by atoms with Gasteiger partial charge in [-0.3, -0.25) is 4.79 Å². The average molecular weight is 347 g/mol. The second-order valence-electron chi connectivity index (χ2n) is 5.52. The van der Waals surface area contributed by atoms with Crippen molar-refractivity contribution in [1.29, 1.82) is 0 Å². The number of carbonyl (C=O) groups excluding carboxylic acids is 1. The molecule has 1 heterocycles. The second-order valence-corrected chi connectivity index (χ2v) is 8.03. The van der Waals surface area contributed by atoms with Crippen molar-refractivity contribution in [3.05, 3.63) is 22.2 Å². The molecule has 104 valence electrons. The highest BCUT2D eigenvalue weighted by atomic mass is 79.9. The maximum absolute atomic E-state index is 12.3. The minimum atomic E-state index is -3.62. The molecule has 2 rings (SSSR count). The Balaban J connectivity index is 2.47. The predicted molar refractivity (Wildman–Crippen MR) is 76.6 cm³/mol. The van der Waals surface area contributed by atoms with Gasteiger partial charge in [0.15, 0.2) is 0 Å². The summed E-state index contributed by atoms with van der Waals surface area (Å²) in [7, 11) is -3.62. The summed E-state index contributed by atoms with van der Waals surface area (Å²) in [5.74, 6) is -0.125. The molecule has 1 amide bonds. The zero-order valence-corrected chi connectivity index (χ0v) is 13.3. The van der Waals surface area contributed by atoms with Gasteiger partial charge in [-0.25, -0.2) is 13.1 Å². The van der Waals surface area contributed by atoms with Gasteiger partial charge in [-0.05, 0) is 54.4 Å². The summed E-state index contributed by atoms with van der Waals surface area (Å²) in [4.78, 5) is 11.5.